The third kappa shape index (κ3) is 2.49. The molecule has 0 aliphatic heterocycles. The van der Waals surface area contributed by atoms with Gasteiger partial charge in [0.15, 0.2) is 0 Å². The van der Waals surface area contributed by atoms with Gasteiger partial charge >= 0.3 is 0 Å². The fourth-order valence-corrected chi connectivity index (χ4v) is 3.30. The molecule has 0 bridgehead atoms. The van der Waals surface area contributed by atoms with Crippen molar-refractivity contribution < 1.29 is 0 Å². The highest BCUT2D eigenvalue weighted by Gasteiger charge is 2.21. The molecular weight excluding hydrogens is 264 g/mol. The van der Waals surface area contributed by atoms with Crippen molar-refractivity contribution >= 4 is 33.7 Å². The molecule has 0 radical (unpaired) electrons. The maximum absolute atomic E-state index is 5.95. The Morgan fingerprint density at radius 2 is 2.33 bits per heavy atom. The van der Waals surface area contributed by atoms with Crippen molar-refractivity contribution in [3.05, 3.63) is 10.4 Å². The molecule has 1 aliphatic rings. The second-order valence-corrected chi connectivity index (χ2v) is 6.52. The molecule has 18 heavy (non-hydrogen) atoms. The van der Waals surface area contributed by atoms with E-state index in [0.717, 1.165) is 33.7 Å². The second-order valence-electron chi connectivity index (χ2n) is 4.68. The van der Waals surface area contributed by atoms with Crippen molar-refractivity contribution in [2.75, 3.05) is 17.6 Å². The fraction of sp³-hybridized carbons (Fsp3) is 0.500. The molecule has 96 valence electrons. The van der Waals surface area contributed by atoms with Crippen LogP contribution in [0.25, 0.3) is 11.3 Å². The average Bonchev–Trinajstić information content (AvgIpc) is 2.96. The molecule has 1 aliphatic carbocycles. The van der Waals surface area contributed by atoms with Crippen LogP contribution in [0.15, 0.2) is 5.38 Å². The van der Waals surface area contributed by atoms with Gasteiger partial charge < -0.3 is 11.1 Å². The standard InChI is InChI=1S/C12H16N4S2/c1-7-15-9(6-17-7)10-11(13)16-18-12(10)14-5-4-8-2-3-8/h6,8,14H,2-5H2,1H3,(H2,13,16). The van der Waals surface area contributed by atoms with Gasteiger partial charge in [-0.2, -0.15) is 4.37 Å². The topological polar surface area (TPSA) is 63.8 Å². The summed E-state index contributed by atoms with van der Waals surface area (Å²) >= 11 is 3.07. The Bertz CT molecular complexity index is 542. The van der Waals surface area contributed by atoms with Gasteiger partial charge in [0.05, 0.1) is 16.3 Å². The number of rotatable bonds is 5. The lowest BCUT2D eigenvalue weighted by Crippen LogP contribution is -2.02. The Kier molecular flexibility index (Phi) is 3.22. The molecule has 0 unspecified atom stereocenters. The van der Waals surface area contributed by atoms with Crippen LogP contribution in [0.2, 0.25) is 0 Å². The molecule has 2 heterocycles. The van der Waals surface area contributed by atoms with E-state index >= 15 is 0 Å². The van der Waals surface area contributed by atoms with Gasteiger partial charge in [0.2, 0.25) is 0 Å². The number of hydrogen-bond acceptors (Lipinski definition) is 6. The van der Waals surface area contributed by atoms with E-state index in [1.807, 2.05) is 12.3 Å². The van der Waals surface area contributed by atoms with Gasteiger partial charge in [-0.3, -0.25) is 0 Å². The summed E-state index contributed by atoms with van der Waals surface area (Å²) < 4.78 is 4.24. The summed E-state index contributed by atoms with van der Waals surface area (Å²) in [5.41, 5.74) is 7.87. The maximum Gasteiger partial charge on any atom is 0.148 e. The summed E-state index contributed by atoms with van der Waals surface area (Å²) in [6.45, 7) is 3.01. The molecule has 1 fully saturated rings. The smallest absolute Gasteiger partial charge is 0.148 e. The van der Waals surface area contributed by atoms with E-state index in [9.17, 15) is 0 Å². The quantitative estimate of drug-likeness (QED) is 0.881. The van der Waals surface area contributed by atoms with Crippen molar-refractivity contribution in [1.82, 2.24) is 9.36 Å². The van der Waals surface area contributed by atoms with Gasteiger partial charge in [-0.15, -0.1) is 11.3 Å². The van der Waals surface area contributed by atoms with E-state index < -0.39 is 0 Å². The number of nitrogens with two attached hydrogens (primary N) is 1. The van der Waals surface area contributed by atoms with Gasteiger partial charge in [0, 0.05) is 11.9 Å². The molecule has 0 aromatic carbocycles. The first-order valence-electron chi connectivity index (χ1n) is 6.15. The van der Waals surface area contributed by atoms with Gasteiger partial charge in [-0.05, 0) is 30.8 Å². The number of aryl methyl sites for hydroxylation is 1. The van der Waals surface area contributed by atoms with Crippen LogP contribution in [-0.4, -0.2) is 15.9 Å². The SMILES string of the molecule is Cc1nc(-c2c(N)nsc2NCCC2CC2)cs1. The Hall–Kier alpha value is -1.14. The molecule has 6 heteroatoms. The van der Waals surface area contributed by atoms with Crippen molar-refractivity contribution in [1.29, 1.82) is 0 Å². The maximum atomic E-state index is 5.95. The van der Waals surface area contributed by atoms with E-state index in [1.54, 1.807) is 11.3 Å². The Morgan fingerprint density at radius 1 is 1.50 bits per heavy atom. The Labute approximate surface area is 114 Å². The highest BCUT2D eigenvalue weighted by atomic mass is 32.1. The number of anilines is 2. The zero-order valence-corrected chi connectivity index (χ0v) is 11.9. The molecule has 0 spiro atoms. The minimum absolute atomic E-state index is 0.583. The molecular formula is C12H16N4S2. The highest BCUT2D eigenvalue weighted by molar-refractivity contribution is 7.11. The minimum atomic E-state index is 0.583. The molecule has 2 aromatic rings. The van der Waals surface area contributed by atoms with Crippen LogP contribution in [0.3, 0.4) is 0 Å². The van der Waals surface area contributed by atoms with Gasteiger partial charge in [-0.25, -0.2) is 4.98 Å². The van der Waals surface area contributed by atoms with Gasteiger partial charge in [0.1, 0.15) is 10.8 Å². The zero-order chi connectivity index (χ0) is 12.5. The van der Waals surface area contributed by atoms with Gasteiger partial charge in [0.25, 0.3) is 0 Å². The highest BCUT2D eigenvalue weighted by Crippen LogP contribution is 2.38. The largest absolute Gasteiger partial charge is 0.382 e. The number of nitrogen functional groups attached to an aromatic ring is 1. The molecule has 1 saturated carbocycles. The third-order valence-corrected chi connectivity index (χ3v) is 4.72. The van der Waals surface area contributed by atoms with Crippen molar-refractivity contribution in [2.24, 2.45) is 5.92 Å². The molecule has 0 atom stereocenters. The lowest BCUT2D eigenvalue weighted by molar-refractivity contribution is 0.761. The number of nitrogens with zero attached hydrogens (tertiary/aromatic N) is 2. The van der Waals surface area contributed by atoms with E-state index in [0.29, 0.717) is 5.82 Å². The summed E-state index contributed by atoms with van der Waals surface area (Å²) in [5.74, 6) is 1.52. The first kappa shape index (κ1) is 11.9. The molecule has 3 rings (SSSR count). The van der Waals surface area contributed by atoms with Crippen molar-refractivity contribution in [3.63, 3.8) is 0 Å². The zero-order valence-electron chi connectivity index (χ0n) is 10.3. The van der Waals surface area contributed by atoms with E-state index in [4.69, 9.17) is 5.73 Å². The molecule has 2 aromatic heterocycles. The van der Waals surface area contributed by atoms with E-state index in [2.05, 4.69) is 14.7 Å². The van der Waals surface area contributed by atoms with Crippen LogP contribution in [-0.2, 0) is 0 Å². The summed E-state index contributed by atoms with van der Waals surface area (Å²) in [5, 5.41) is 7.61. The number of hydrogen-bond donors (Lipinski definition) is 2. The van der Waals surface area contributed by atoms with E-state index in [1.165, 1.54) is 30.8 Å². The predicted molar refractivity (Wildman–Crippen MR) is 78.2 cm³/mol. The molecule has 3 N–H and O–H groups in total. The molecule has 0 saturated heterocycles. The predicted octanol–water partition coefficient (Wildman–Crippen LogP) is 3.37. The summed E-state index contributed by atoms with van der Waals surface area (Å²) in [4.78, 5) is 4.50. The fourth-order valence-electron chi connectivity index (χ4n) is 1.95. The van der Waals surface area contributed by atoms with Crippen LogP contribution in [0.5, 0.6) is 0 Å². The Morgan fingerprint density at radius 3 is 3.00 bits per heavy atom. The number of nitrogens with one attached hydrogen (secondary N) is 1. The van der Waals surface area contributed by atoms with Crippen LogP contribution in [0.4, 0.5) is 10.8 Å². The number of aromatic nitrogens is 2. The normalized spacial score (nSPS) is 14.9. The molecule has 4 nitrogen and oxygen atoms in total. The lowest BCUT2D eigenvalue weighted by Gasteiger charge is -2.04. The van der Waals surface area contributed by atoms with Crippen LogP contribution in [0, 0.1) is 12.8 Å². The van der Waals surface area contributed by atoms with Gasteiger partial charge in [-0.1, -0.05) is 12.8 Å². The monoisotopic (exact) mass is 280 g/mol. The third-order valence-electron chi connectivity index (χ3n) is 3.13. The average molecular weight is 280 g/mol. The van der Waals surface area contributed by atoms with Crippen LogP contribution in [0.1, 0.15) is 24.3 Å². The van der Waals surface area contributed by atoms with E-state index in [-0.39, 0.29) is 0 Å². The van der Waals surface area contributed by atoms with Crippen molar-refractivity contribution in [2.45, 2.75) is 26.2 Å². The first-order chi connectivity index (χ1) is 8.74. The summed E-state index contributed by atoms with van der Waals surface area (Å²) in [6, 6.07) is 0. The second kappa shape index (κ2) is 4.85. The number of thiazole rings is 1. The molecule has 0 amide bonds. The summed E-state index contributed by atoms with van der Waals surface area (Å²) in [6.07, 6.45) is 4.03. The first-order valence-corrected chi connectivity index (χ1v) is 7.81. The minimum Gasteiger partial charge on any atom is -0.382 e. The van der Waals surface area contributed by atoms with Crippen molar-refractivity contribution in [3.8, 4) is 11.3 Å². The Balaban J connectivity index is 1.77. The van der Waals surface area contributed by atoms with Crippen LogP contribution >= 0.6 is 22.9 Å². The lowest BCUT2D eigenvalue weighted by atomic mass is 10.2. The van der Waals surface area contributed by atoms with Crippen LogP contribution < -0.4 is 11.1 Å². The summed E-state index contributed by atoms with van der Waals surface area (Å²) in [7, 11) is 0.